The highest BCUT2D eigenvalue weighted by Crippen LogP contribution is 2.25. The van der Waals surface area contributed by atoms with Gasteiger partial charge in [-0.3, -0.25) is 8.80 Å². The summed E-state index contributed by atoms with van der Waals surface area (Å²) >= 11 is 13.9. The first-order valence-electron chi connectivity index (χ1n) is 10.2. The molecule has 0 saturated heterocycles. The number of aromatic nitrogens is 4. The second-order valence-electron chi connectivity index (χ2n) is 7.37. The van der Waals surface area contributed by atoms with Gasteiger partial charge in [0.15, 0.2) is 0 Å². The number of hydrogen-bond donors (Lipinski definition) is 2. The maximum Gasteiger partial charge on any atom is 0.405 e. The minimum absolute atomic E-state index is 0.362. The number of anilines is 1. The van der Waals surface area contributed by atoms with E-state index in [-0.39, 0.29) is 0 Å². The molecule has 186 valence electrons. The Bertz CT molecular complexity index is 1540. The molecule has 2 N–H and O–H groups in total. The number of rotatable bonds is 3. The minimum Gasteiger partial charge on any atom is -0.329 e. The molecule has 0 spiro atoms. The molecule has 0 aliphatic heterocycles. The Balaban J connectivity index is 0.000000229. The van der Waals surface area contributed by atoms with Crippen molar-refractivity contribution in [2.75, 3.05) is 11.9 Å². The van der Waals surface area contributed by atoms with Crippen LogP contribution < -0.4 is 10.6 Å². The molecule has 0 aliphatic carbocycles. The van der Waals surface area contributed by atoms with Gasteiger partial charge in [-0.25, -0.2) is 14.8 Å². The summed E-state index contributed by atoms with van der Waals surface area (Å²) < 4.78 is 41.2. The fraction of sp³-hybridized carbons (Fsp3) is 0.0870. The van der Waals surface area contributed by atoms with E-state index in [4.69, 9.17) is 23.2 Å². The average molecular weight is 647 g/mol. The van der Waals surface area contributed by atoms with Crippen molar-refractivity contribution in [2.24, 2.45) is 0 Å². The van der Waals surface area contributed by atoms with Crippen LogP contribution in [0.5, 0.6) is 0 Å². The van der Waals surface area contributed by atoms with E-state index in [9.17, 15) is 18.0 Å². The van der Waals surface area contributed by atoms with Crippen molar-refractivity contribution in [1.29, 1.82) is 0 Å². The van der Waals surface area contributed by atoms with Crippen molar-refractivity contribution in [3.8, 4) is 11.3 Å². The third-order valence-electron chi connectivity index (χ3n) is 4.77. The van der Waals surface area contributed by atoms with Crippen LogP contribution in [-0.2, 0) is 0 Å². The van der Waals surface area contributed by atoms with E-state index in [0.29, 0.717) is 16.4 Å². The second-order valence-corrected chi connectivity index (χ2v) is 9.35. The number of nitrogens with zero attached hydrogens (tertiary/aromatic N) is 4. The Labute approximate surface area is 226 Å². The van der Waals surface area contributed by atoms with E-state index >= 15 is 0 Å². The lowest BCUT2D eigenvalue weighted by Crippen LogP contribution is -2.36. The van der Waals surface area contributed by atoms with Gasteiger partial charge in [0.2, 0.25) is 0 Å². The highest BCUT2D eigenvalue weighted by Gasteiger charge is 2.27. The Morgan fingerprint density at radius 3 is 2.28 bits per heavy atom. The van der Waals surface area contributed by atoms with Gasteiger partial charge in [-0.1, -0.05) is 35.3 Å². The van der Waals surface area contributed by atoms with Crippen LogP contribution in [0.25, 0.3) is 22.6 Å². The molecule has 36 heavy (non-hydrogen) atoms. The third-order valence-corrected chi connectivity index (χ3v) is 6.04. The summed E-state index contributed by atoms with van der Waals surface area (Å²) in [6.45, 7) is -1.40. The molecule has 7 nitrogen and oxygen atoms in total. The number of carbonyl (C=O) groups is 1. The average Bonchev–Trinajstić information content (AvgIpc) is 3.40. The van der Waals surface area contributed by atoms with Crippen LogP contribution in [0.4, 0.5) is 23.7 Å². The molecule has 5 aromatic rings. The first-order chi connectivity index (χ1) is 17.1. The molecule has 4 heterocycles. The van der Waals surface area contributed by atoms with Crippen molar-refractivity contribution < 1.29 is 18.0 Å². The Morgan fingerprint density at radius 2 is 1.58 bits per heavy atom. The van der Waals surface area contributed by atoms with Gasteiger partial charge in [-0.15, -0.1) is 0 Å². The number of carbonyl (C=O) groups excluding carboxylic acids is 1. The topological polar surface area (TPSA) is 75.7 Å². The molecule has 0 bridgehead atoms. The van der Waals surface area contributed by atoms with Crippen molar-refractivity contribution in [3.05, 3.63) is 87.1 Å². The van der Waals surface area contributed by atoms with Gasteiger partial charge in [0.25, 0.3) is 0 Å². The predicted octanol–water partition coefficient (Wildman–Crippen LogP) is 6.93. The molecule has 4 aromatic heterocycles. The van der Waals surface area contributed by atoms with Crippen molar-refractivity contribution in [3.63, 3.8) is 0 Å². The maximum absolute atomic E-state index is 12.1. The Morgan fingerprint density at radius 1 is 0.944 bits per heavy atom. The monoisotopic (exact) mass is 646 g/mol. The first kappa shape index (κ1) is 26.0. The van der Waals surface area contributed by atoms with Crippen LogP contribution in [0.15, 0.2) is 73.3 Å². The van der Waals surface area contributed by atoms with E-state index < -0.39 is 18.8 Å². The summed E-state index contributed by atoms with van der Waals surface area (Å²) in [5.74, 6) is 0. The summed E-state index contributed by atoms with van der Waals surface area (Å²) in [5.41, 5.74) is 3.40. The minimum atomic E-state index is -4.46. The lowest BCUT2D eigenvalue weighted by atomic mass is 10.1. The standard InChI is InChI=1S/C16H12ClF3N4O.C7H4ClIN2/c17-11-4-5-24-13(8-21-14(24)7-11)10-2-1-3-12(6-10)23-15(25)22-9-16(18,19)20;8-5-1-2-11-6(9)4-10-7(11)3-5/h1-8H,9H2,(H2,22,23,25);1-4H. The summed E-state index contributed by atoms with van der Waals surface area (Å²) in [4.78, 5) is 20.0. The molecular weight excluding hydrogens is 631 g/mol. The van der Waals surface area contributed by atoms with Crippen molar-refractivity contribution in [1.82, 2.24) is 24.1 Å². The van der Waals surface area contributed by atoms with E-state index in [1.807, 2.05) is 33.3 Å². The molecule has 2 amide bonds. The van der Waals surface area contributed by atoms with E-state index in [2.05, 4.69) is 37.9 Å². The van der Waals surface area contributed by atoms with Crippen LogP contribution in [0, 0.1) is 3.70 Å². The number of benzene rings is 1. The Kier molecular flexibility index (Phi) is 7.91. The number of pyridine rings is 2. The SMILES string of the molecule is Clc1ccn2c(I)cnc2c1.O=C(NCC(F)(F)F)Nc1cccc(-c2cnc3cc(Cl)ccn23)c1. The highest BCUT2D eigenvalue weighted by atomic mass is 127. The largest absolute Gasteiger partial charge is 0.405 e. The number of urea groups is 1. The zero-order valence-electron chi connectivity index (χ0n) is 18.1. The molecular formula is C23H16Cl2F3IN6O. The molecule has 1 aromatic carbocycles. The van der Waals surface area contributed by atoms with Crippen LogP contribution in [-0.4, -0.2) is 37.5 Å². The first-order valence-corrected chi connectivity index (χ1v) is 12.1. The van der Waals surface area contributed by atoms with Gasteiger partial charge in [0.1, 0.15) is 21.5 Å². The molecule has 13 heteroatoms. The maximum atomic E-state index is 12.1. The lowest BCUT2D eigenvalue weighted by molar-refractivity contribution is -0.122. The van der Waals surface area contributed by atoms with Crippen LogP contribution in [0.2, 0.25) is 10.0 Å². The van der Waals surface area contributed by atoms with Gasteiger partial charge >= 0.3 is 12.2 Å². The van der Waals surface area contributed by atoms with Gasteiger partial charge in [0.05, 0.1) is 18.1 Å². The lowest BCUT2D eigenvalue weighted by Gasteiger charge is -2.10. The second kappa shape index (κ2) is 10.9. The molecule has 5 rings (SSSR count). The van der Waals surface area contributed by atoms with Crippen LogP contribution in [0.3, 0.4) is 0 Å². The zero-order chi connectivity index (χ0) is 25.9. The zero-order valence-corrected chi connectivity index (χ0v) is 21.8. The molecule has 0 unspecified atom stereocenters. The molecule has 0 atom stereocenters. The van der Waals surface area contributed by atoms with E-state index in [1.54, 1.807) is 54.1 Å². The number of hydrogen-bond acceptors (Lipinski definition) is 3. The third kappa shape index (κ3) is 6.59. The fourth-order valence-electron chi connectivity index (χ4n) is 3.21. The van der Waals surface area contributed by atoms with E-state index in [0.717, 1.165) is 25.6 Å². The molecule has 0 fully saturated rings. The van der Waals surface area contributed by atoms with Gasteiger partial charge < -0.3 is 10.6 Å². The van der Waals surface area contributed by atoms with Crippen molar-refractivity contribution in [2.45, 2.75) is 6.18 Å². The number of imidazole rings is 2. The smallest absolute Gasteiger partial charge is 0.329 e. The highest BCUT2D eigenvalue weighted by molar-refractivity contribution is 14.1. The summed E-state index contributed by atoms with van der Waals surface area (Å²) in [5, 5.41) is 5.41. The van der Waals surface area contributed by atoms with E-state index in [1.165, 1.54) is 0 Å². The van der Waals surface area contributed by atoms with Crippen LogP contribution >= 0.6 is 45.8 Å². The number of fused-ring (bicyclic) bond motifs is 2. The number of halogens is 6. The number of amides is 2. The van der Waals surface area contributed by atoms with Crippen LogP contribution in [0.1, 0.15) is 0 Å². The van der Waals surface area contributed by atoms with Gasteiger partial charge in [-0.2, -0.15) is 13.2 Å². The summed E-state index contributed by atoms with van der Waals surface area (Å²) in [6.07, 6.45) is 2.67. The number of nitrogens with one attached hydrogen (secondary N) is 2. The molecule has 0 aliphatic rings. The van der Waals surface area contributed by atoms with Gasteiger partial charge in [-0.05, 0) is 46.9 Å². The quantitative estimate of drug-likeness (QED) is 0.209. The normalized spacial score (nSPS) is 11.3. The molecule has 0 saturated carbocycles. The number of alkyl halides is 3. The molecule has 0 radical (unpaired) electrons. The summed E-state index contributed by atoms with van der Waals surface area (Å²) in [7, 11) is 0. The Hall–Kier alpha value is -3.03. The predicted molar refractivity (Wildman–Crippen MR) is 142 cm³/mol. The van der Waals surface area contributed by atoms with Crippen molar-refractivity contribution >= 4 is 68.8 Å². The van der Waals surface area contributed by atoms with Gasteiger partial charge in [0, 0.05) is 45.8 Å². The summed E-state index contributed by atoms with van der Waals surface area (Å²) in [6, 6.07) is 12.9. The fourth-order valence-corrected chi connectivity index (χ4v) is 4.06.